The Morgan fingerprint density at radius 3 is 2.19 bits per heavy atom. The number of Topliss-reactive ketones (excluding diaryl/α,β-unsaturated/α-hetero) is 1. The summed E-state index contributed by atoms with van der Waals surface area (Å²) >= 11 is 6.12. The van der Waals surface area contributed by atoms with Crippen LogP contribution in [-0.4, -0.2) is 16.7 Å². The van der Waals surface area contributed by atoms with Crippen LogP contribution in [0.5, 0.6) is 0 Å². The smallest absolute Gasteiger partial charge is 0.274 e. The maximum absolute atomic E-state index is 12.3. The normalized spacial score (nSPS) is 10.3. The van der Waals surface area contributed by atoms with E-state index in [1.54, 1.807) is 42.6 Å². The monoisotopic (exact) mass is 379 g/mol. The molecule has 0 aliphatic rings. The van der Waals surface area contributed by atoms with Crippen molar-refractivity contribution in [2.75, 3.05) is 10.6 Å². The number of benzene rings is 2. The molecule has 6 heteroatoms. The first-order chi connectivity index (χ1) is 12.9. The number of carbonyl (C=O) groups is 2. The molecule has 0 atom stereocenters. The van der Waals surface area contributed by atoms with Crippen LogP contribution in [0.15, 0.2) is 60.8 Å². The second kappa shape index (κ2) is 8.01. The Morgan fingerprint density at radius 2 is 1.59 bits per heavy atom. The lowest BCUT2D eigenvalue weighted by Crippen LogP contribution is -2.13. The summed E-state index contributed by atoms with van der Waals surface area (Å²) in [7, 11) is 0. The van der Waals surface area contributed by atoms with Crippen LogP contribution in [0, 0.1) is 6.92 Å². The summed E-state index contributed by atoms with van der Waals surface area (Å²) in [4.78, 5) is 27.8. The number of aryl methyl sites for hydroxylation is 1. The molecule has 3 aromatic rings. The molecule has 0 saturated carbocycles. The van der Waals surface area contributed by atoms with Gasteiger partial charge in [-0.1, -0.05) is 17.7 Å². The Bertz CT molecular complexity index is 983. The van der Waals surface area contributed by atoms with Gasteiger partial charge in [-0.25, -0.2) is 4.98 Å². The number of amides is 1. The number of hydrogen-bond acceptors (Lipinski definition) is 4. The molecule has 0 fully saturated rings. The van der Waals surface area contributed by atoms with Crippen molar-refractivity contribution in [2.45, 2.75) is 13.8 Å². The molecule has 0 aliphatic heterocycles. The molecular formula is C21H18ClN3O2. The van der Waals surface area contributed by atoms with E-state index in [1.807, 2.05) is 25.1 Å². The maximum Gasteiger partial charge on any atom is 0.274 e. The van der Waals surface area contributed by atoms with Gasteiger partial charge in [-0.05, 0) is 67.9 Å². The average molecular weight is 380 g/mol. The molecule has 0 saturated heterocycles. The van der Waals surface area contributed by atoms with E-state index in [0.29, 0.717) is 16.3 Å². The maximum atomic E-state index is 12.3. The van der Waals surface area contributed by atoms with E-state index in [0.717, 1.165) is 16.9 Å². The summed E-state index contributed by atoms with van der Waals surface area (Å²) in [5.41, 5.74) is 4.08. The van der Waals surface area contributed by atoms with Crippen molar-refractivity contribution in [3.8, 4) is 0 Å². The SMILES string of the molecule is CC(=O)c1ccc(NC(=O)c2ccc(Nc3ccc(C)c(Cl)c3)cn2)cc1. The van der Waals surface area contributed by atoms with Gasteiger partial charge in [0.05, 0.1) is 11.9 Å². The fourth-order valence-corrected chi connectivity index (χ4v) is 2.60. The predicted molar refractivity (Wildman–Crippen MR) is 108 cm³/mol. The number of nitrogens with one attached hydrogen (secondary N) is 2. The van der Waals surface area contributed by atoms with E-state index < -0.39 is 0 Å². The third kappa shape index (κ3) is 4.71. The van der Waals surface area contributed by atoms with Crippen molar-refractivity contribution in [2.24, 2.45) is 0 Å². The first-order valence-corrected chi connectivity index (χ1v) is 8.72. The summed E-state index contributed by atoms with van der Waals surface area (Å²) in [5.74, 6) is -0.344. The van der Waals surface area contributed by atoms with E-state index >= 15 is 0 Å². The number of hydrogen-bond donors (Lipinski definition) is 2. The van der Waals surface area contributed by atoms with Gasteiger partial charge in [-0.15, -0.1) is 0 Å². The standard InChI is InChI=1S/C21H18ClN3O2/c1-13-3-6-17(11-19(13)22)24-18-9-10-20(23-12-18)21(27)25-16-7-4-15(5-8-16)14(2)26/h3-12,24H,1-2H3,(H,25,27). The number of nitrogens with zero attached hydrogens (tertiary/aromatic N) is 1. The third-order valence-corrected chi connectivity index (χ3v) is 4.41. The molecule has 5 nitrogen and oxygen atoms in total. The quantitative estimate of drug-likeness (QED) is 0.594. The van der Waals surface area contributed by atoms with Crippen molar-refractivity contribution < 1.29 is 9.59 Å². The fourth-order valence-electron chi connectivity index (χ4n) is 2.42. The zero-order valence-electron chi connectivity index (χ0n) is 14.9. The van der Waals surface area contributed by atoms with Crippen LogP contribution >= 0.6 is 11.6 Å². The van der Waals surface area contributed by atoms with E-state index in [1.165, 1.54) is 6.92 Å². The Morgan fingerprint density at radius 1 is 0.926 bits per heavy atom. The van der Waals surface area contributed by atoms with Gasteiger partial charge in [0.2, 0.25) is 0 Å². The number of carbonyl (C=O) groups excluding carboxylic acids is 2. The number of anilines is 3. The van der Waals surface area contributed by atoms with Crippen LogP contribution < -0.4 is 10.6 Å². The fraction of sp³-hybridized carbons (Fsp3) is 0.0952. The second-order valence-electron chi connectivity index (χ2n) is 6.11. The van der Waals surface area contributed by atoms with Gasteiger partial charge in [0, 0.05) is 22.0 Å². The molecule has 1 aromatic heterocycles. The zero-order valence-corrected chi connectivity index (χ0v) is 15.7. The van der Waals surface area contributed by atoms with E-state index in [2.05, 4.69) is 15.6 Å². The summed E-state index contributed by atoms with van der Waals surface area (Å²) in [6.07, 6.45) is 1.58. The number of pyridine rings is 1. The molecule has 0 spiro atoms. The molecule has 2 aromatic carbocycles. The van der Waals surface area contributed by atoms with Gasteiger partial charge >= 0.3 is 0 Å². The lowest BCUT2D eigenvalue weighted by Gasteiger charge is -2.09. The molecule has 27 heavy (non-hydrogen) atoms. The Labute approximate surface area is 162 Å². The highest BCUT2D eigenvalue weighted by molar-refractivity contribution is 6.31. The topological polar surface area (TPSA) is 71.1 Å². The third-order valence-electron chi connectivity index (χ3n) is 4.01. The Hall–Kier alpha value is -3.18. The van der Waals surface area contributed by atoms with Crippen molar-refractivity contribution >= 4 is 40.4 Å². The predicted octanol–water partition coefficient (Wildman–Crippen LogP) is 5.24. The van der Waals surface area contributed by atoms with E-state index in [4.69, 9.17) is 11.6 Å². The number of ketones is 1. The van der Waals surface area contributed by atoms with Gasteiger partial charge in [0.25, 0.3) is 5.91 Å². The van der Waals surface area contributed by atoms with Gasteiger partial charge in [0.15, 0.2) is 5.78 Å². The Kier molecular flexibility index (Phi) is 5.52. The lowest BCUT2D eigenvalue weighted by molar-refractivity contribution is 0.101. The van der Waals surface area contributed by atoms with Crippen LogP contribution in [-0.2, 0) is 0 Å². The summed E-state index contributed by atoms with van der Waals surface area (Å²) in [6, 6.07) is 15.8. The highest BCUT2D eigenvalue weighted by Gasteiger charge is 2.08. The largest absolute Gasteiger partial charge is 0.354 e. The highest BCUT2D eigenvalue weighted by Crippen LogP contribution is 2.23. The molecule has 3 rings (SSSR count). The number of rotatable bonds is 5. The second-order valence-corrected chi connectivity index (χ2v) is 6.52. The molecule has 0 aliphatic carbocycles. The van der Waals surface area contributed by atoms with E-state index in [-0.39, 0.29) is 17.4 Å². The molecule has 0 unspecified atom stereocenters. The minimum atomic E-state index is -0.324. The van der Waals surface area contributed by atoms with Gasteiger partial charge < -0.3 is 10.6 Å². The number of aromatic nitrogens is 1. The van der Waals surface area contributed by atoms with Crippen LogP contribution in [0.4, 0.5) is 17.1 Å². The molecule has 136 valence electrons. The number of halogens is 1. The minimum absolute atomic E-state index is 0.0208. The molecule has 0 bridgehead atoms. The van der Waals surface area contributed by atoms with Crippen molar-refractivity contribution in [1.29, 1.82) is 0 Å². The van der Waals surface area contributed by atoms with E-state index in [9.17, 15) is 9.59 Å². The van der Waals surface area contributed by atoms with Crippen molar-refractivity contribution in [1.82, 2.24) is 4.98 Å². The molecule has 1 heterocycles. The zero-order chi connectivity index (χ0) is 19.4. The van der Waals surface area contributed by atoms with Crippen molar-refractivity contribution in [3.05, 3.63) is 82.6 Å². The Balaban J connectivity index is 1.66. The van der Waals surface area contributed by atoms with Crippen LogP contribution in [0.1, 0.15) is 33.3 Å². The summed E-state index contributed by atoms with van der Waals surface area (Å²) in [5, 5.41) is 6.63. The first-order valence-electron chi connectivity index (χ1n) is 8.34. The minimum Gasteiger partial charge on any atom is -0.354 e. The molecule has 0 radical (unpaired) electrons. The highest BCUT2D eigenvalue weighted by atomic mass is 35.5. The van der Waals surface area contributed by atoms with Gasteiger partial charge in [-0.3, -0.25) is 9.59 Å². The first kappa shape index (κ1) is 18.6. The lowest BCUT2D eigenvalue weighted by atomic mass is 10.1. The van der Waals surface area contributed by atoms with Crippen LogP contribution in [0.3, 0.4) is 0 Å². The van der Waals surface area contributed by atoms with Crippen LogP contribution in [0.25, 0.3) is 0 Å². The average Bonchev–Trinajstić information content (AvgIpc) is 2.66. The molecule has 2 N–H and O–H groups in total. The van der Waals surface area contributed by atoms with Gasteiger partial charge in [-0.2, -0.15) is 0 Å². The molecule has 1 amide bonds. The summed E-state index contributed by atoms with van der Waals surface area (Å²) in [6.45, 7) is 3.44. The van der Waals surface area contributed by atoms with Crippen molar-refractivity contribution in [3.63, 3.8) is 0 Å². The molecular weight excluding hydrogens is 362 g/mol. The summed E-state index contributed by atoms with van der Waals surface area (Å²) < 4.78 is 0. The van der Waals surface area contributed by atoms with Gasteiger partial charge in [0.1, 0.15) is 5.69 Å². The van der Waals surface area contributed by atoms with Crippen LogP contribution in [0.2, 0.25) is 5.02 Å².